The smallest absolute Gasteiger partial charge is 0.255 e. The molecule has 2 N–H and O–H groups in total. The summed E-state index contributed by atoms with van der Waals surface area (Å²) in [6.45, 7) is 6.81. The van der Waals surface area contributed by atoms with E-state index in [0.29, 0.717) is 48.1 Å². The van der Waals surface area contributed by atoms with E-state index in [1.807, 2.05) is 25.7 Å². The molecule has 1 aliphatic heterocycles. The van der Waals surface area contributed by atoms with Gasteiger partial charge in [-0.3, -0.25) is 14.5 Å². The van der Waals surface area contributed by atoms with Crippen molar-refractivity contribution in [3.05, 3.63) is 71.8 Å². The van der Waals surface area contributed by atoms with Crippen molar-refractivity contribution in [2.24, 2.45) is 0 Å². The molecule has 0 aliphatic carbocycles. The SMILES string of the molecule is COc1ncc(C(=O)N2CCN([C@@H](C)C(=O)Nc3ccc(Oc4ccc(F)cc4)cn3)CC2(C)C)cc1CO. The predicted octanol–water partition coefficient (Wildman–Crippen LogP) is 3.47. The summed E-state index contributed by atoms with van der Waals surface area (Å²) in [4.78, 5) is 38.5. The monoisotopic (exact) mass is 537 g/mol. The number of anilines is 1. The summed E-state index contributed by atoms with van der Waals surface area (Å²) in [5.41, 5.74) is 0.236. The molecule has 39 heavy (non-hydrogen) atoms. The van der Waals surface area contributed by atoms with Gasteiger partial charge in [-0.2, -0.15) is 0 Å². The molecule has 10 nitrogen and oxygen atoms in total. The minimum Gasteiger partial charge on any atom is -0.481 e. The number of aliphatic hydroxyl groups is 1. The maximum absolute atomic E-state index is 13.3. The highest BCUT2D eigenvalue weighted by molar-refractivity contribution is 5.95. The standard InChI is InChI=1S/C28H32FN5O5/c1-18(25(36)32-24-10-9-23(15-30-24)39-22-7-5-21(29)6-8-22)33-11-12-34(28(2,3)17-33)27(37)19-13-20(16-35)26(38-4)31-14-19/h5-10,13-15,18,35H,11-12,16-17H2,1-4H3,(H,30,32,36)/t18-/m0/s1. The van der Waals surface area contributed by atoms with E-state index in [-0.39, 0.29) is 30.1 Å². The first-order valence-corrected chi connectivity index (χ1v) is 12.5. The van der Waals surface area contributed by atoms with Gasteiger partial charge in [0.2, 0.25) is 11.8 Å². The number of benzene rings is 1. The lowest BCUT2D eigenvalue weighted by Crippen LogP contribution is -2.63. The number of methoxy groups -OCH3 is 1. The van der Waals surface area contributed by atoms with Crippen LogP contribution in [0.1, 0.15) is 36.7 Å². The molecule has 2 aromatic heterocycles. The first kappa shape index (κ1) is 27.9. The highest BCUT2D eigenvalue weighted by atomic mass is 19.1. The van der Waals surface area contributed by atoms with Crippen LogP contribution in [-0.2, 0) is 11.4 Å². The average molecular weight is 538 g/mol. The van der Waals surface area contributed by atoms with Crippen molar-refractivity contribution < 1.29 is 28.6 Å². The minimum atomic E-state index is -0.569. The third-order valence-electron chi connectivity index (χ3n) is 6.68. The van der Waals surface area contributed by atoms with E-state index in [4.69, 9.17) is 9.47 Å². The third kappa shape index (κ3) is 6.50. The first-order chi connectivity index (χ1) is 18.6. The van der Waals surface area contributed by atoms with Crippen LogP contribution in [-0.4, -0.2) is 75.0 Å². The zero-order chi connectivity index (χ0) is 28.2. The molecule has 206 valence electrons. The molecule has 1 aliphatic rings. The van der Waals surface area contributed by atoms with Crippen molar-refractivity contribution in [3.8, 4) is 17.4 Å². The van der Waals surface area contributed by atoms with E-state index in [9.17, 15) is 19.1 Å². The fourth-order valence-corrected chi connectivity index (χ4v) is 4.52. The Hall–Kier alpha value is -4.09. The number of aromatic nitrogens is 2. The summed E-state index contributed by atoms with van der Waals surface area (Å²) >= 11 is 0. The second kappa shape index (κ2) is 11.7. The zero-order valence-corrected chi connectivity index (χ0v) is 22.3. The molecule has 0 saturated carbocycles. The number of carbonyl (C=O) groups is 2. The number of halogens is 1. The summed E-state index contributed by atoms with van der Waals surface area (Å²) in [6.07, 6.45) is 2.93. The minimum absolute atomic E-state index is 0.200. The second-order valence-corrected chi connectivity index (χ2v) is 9.89. The van der Waals surface area contributed by atoms with Gasteiger partial charge in [0.05, 0.1) is 37.1 Å². The lowest BCUT2D eigenvalue weighted by molar-refractivity contribution is -0.122. The number of hydrogen-bond acceptors (Lipinski definition) is 8. The summed E-state index contributed by atoms with van der Waals surface area (Å²) in [7, 11) is 1.46. The maximum Gasteiger partial charge on any atom is 0.255 e. The molecular weight excluding hydrogens is 505 g/mol. The number of nitrogens with one attached hydrogen (secondary N) is 1. The van der Waals surface area contributed by atoms with Gasteiger partial charge in [-0.25, -0.2) is 14.4 Å². The highest BCUT2D eigenvalue weighted by Crippen LogP contribution is 2.27. The van der Waals surface area contributed by atoms with E-state index in [0.717, 1.165) is 0 Å². The zero-order valence-electron chi connectivity index (χ0n) is 22.3. The fraction of sp³-hybridized carbons (Fsp3) is 0.357. The summed E-state index contributed by atoms with van der Waals surface area (Å²) < 4.78 is 23.8. The quantitative estimate of drug-likeness (QED) is 0.449. The van der Waals surface area contributed by atoms with Crippen LogP contribution in [0.25, 0.3) is 0 Å². The van der Waals surface area contributed by atoms with Gasteiger partial charge in [0.25, 0.3) is 5.91 Å². The molecule has 11 heteroatoms. The van der Waals surface area contributed by atoms with Crippen molar-refractivity contribution in [2.75, 3.05) is 32.1 Å². The van der Waals surface area contributed by atoms with Gasteiger partial charge < -0.3 is 24.8 Å². The van der Waals surface area contributed by atoms with Crippen LogP contribution in [0.3, 0.4) is 0 Å². The molecule has 4 rings (SSSR count). The van der Waals surface area contributed by atoms with Crippen LogP contribution >= 0.6 is 0 Å². The van der Waals surface area contributed by atoms with Crippen LogP contribution in [0, 0.1) is 5.82 Å². The third-order valence-corrected chi connectivity index (χ3v) is 6.68. The topological polar surface area (TPSA) is 117 Å². The molecule has 0 unspecified atom stereocenters. The van der Waals surface area contributed by atoms with Crippen molar-refractivity contribution >= 4 is 17.6 Å². The molecular formula is C28H32FN5O5. The summed E-state index contributed by atoms with van der Waals surface area (Å²) in [5.74, 6) is 0.802. The predicted molar refractivity (Wildman–Crippen MR) is 142 cm³/mol. The van der Waals surface area contributed by atoms with E-state index < -0.39 is 11.6 Å². The number of carbonyl (C=O) groups excluding carboxylic acids is 2. The molecule has 0 bridgehead atoms. The number of nitrogens with zero attached hydrogens (tertiary/aromatic N) is 4. The number of aliphatic hydroxyl groups excluding tert-OH is 1. The number of pyridine rings is 2. The van der Waals surface area contributed by atoms with Gasteiger partial charge in [-0.05, 0) is 63.2 Å². The van der Waals surface area contributed by atoms with Crippen molar-refractivity contribution in [1.29, 1.82) is 0 Å². The van der Waals surface area contributed by atoms with Gasteiger partial charge >= 0.3 is 0 Å². The normalized spacial score (nSPS) is 15.9. The Kier molecular flexibility index (Phi) is 8.41. The summed E-state index contributed by atoms with van der Waals surface area (Å²) in [6, 6.07) is 10.1. The van der Waals surface area contributed by atoms with Crippen molar-refractivity contribution in [1.82, 2.24) is 19.8 Å². The molecule has 1 saturated heterocycles. The van der Waals surface area contributed by atoms with Gasteiger partial charge in [-0.15, -0.1) is 0 Å². The number of amides is 2. The largest absolute Gasteiger partial charge is 0.481 e. The maximum atomic E-state index is 13.3. The van der Waals surface area contributed by atoms with Crippen LogP contribution in [0.4, 0.5) is 10.2 Å². The van der Waals surface area contributed by atoms with Gasteiger partial charge in [0.1, 0.15) is 23.1 Å². The van der Waals surface area contributed by atoms with E-state index in [1.165, 1.54) is 43.8 Å². The molecule has 2 amide bonds. The van der Waals surface area contributed by atoms with Crippen LogP contribution in [0.5, 0.6) is 17.4 Å². The molecule has 1 atom stereocenters. The lowest BCUT2D eigenvalue weighted by Gasteiger charge is -2.48. The van der Waals surface area contributed by atoms with Gasteiger partial charge in [0.15, 0.2) is 0 Å². The Morgan fingerprint density at radius 3 is 2.44 bits per heavy atom. The van der Waals surface area contributed by atoms with E-state index >= 15 is 0 Å². The average Bonchev–Trinajstić information content (AvgIpc) is 2.93. The number of rotatable bonds is 8. The van der Waals surface area contributed by atoms with Crippen LogP contribution in [0.15, 0.2) is 54.9 Å². The van der Waals surface area contributed by atoms with Crippen molar-refractivity contribution in [3.63, 3.8) is 0 Å². The second-order valence-electron chi connectivity index (χ2n) is 9.89. The number of hydrogen-bond donors (Lipinski definition) is 2. The Bertz CT molecular complexity index is 1320. The van der Waals surface area contributed by atoms with Gasteiger partial charge in [-0.1, -0.05) is 0 Å². The Morgan fingerprint density at radius 2 is 1.82 bits per heavy atom. The Morgan fingerprint density at radius 1 is 1.10 bits per heavy atom. The van der Waals surface area contributed by atoms with Gasteiger partial charge in [0, 0.05) is 31.4 Å². The molecule has 3 heterocycles. The van der Waals surface area contributed by atoms with Crippen LogP contribution in [0.2, 0.25) is 0 Å². The first-order valence-electron chi connectivity index (χ1n) is 12.5. The number of piperazine rings is 1. The molecule has 0 spiro atoms. The Labute approximate surface area is 226 Å². The Balaban J connectivity index is 1.35. The van der Waals surface area contributed by atoms with Crippen molar-refractivity contribution in [2.45, 2.75) is 39.0 Å². The summed E-state index contributed by atoms with van der Waals surface area (Å²) in [5, 5.41) is 12.4. The van der Waals surface area contributed by atoms with E-state index in [1.54, 1.807) is 23.1 Å². The molecule has 3 aromatic rings. The molecule has 0 radical (unpaired) electrons. The highest BCUT2D eigenvalue weighted by Gasteiger charge is 2.40. The van der Waals surface area contributed by atoms with E-state index in [2.05, 4.69) is 15.3 Å². The molecule has 1 fully saturated rings. The fourth-order valence-electron chi connectivity index (χ4n) is 4.52. The molecule has 1 aromatic carbocycles. The number of ether oxygens (including phenoxy) is 2. The van der Waals surface area contributed by atoms with Crippen LogP contribution < -0.4 is 14.8 Å². The lowest BCUT2D eigenvalue weighted by atomic mass is 9.96.